The van der Waals surface area contributed by atoms with Crippen LogP contribution in [0.5, 0.6) is 0 Å². The summed E-state index contributed by atoms with van der Waals surface area (Å²) in [6.45, 7) is 8.98. The number of rotatable bonds is 6. The molecule has 0 N–H and O–H groups in total. The SMILES string of the molecule is CCN(Cc1nc2ccccc2s1)C1CCN(C(C)c2ccccc2)C1. The van der Waals surface area contributed by atoms with Gasteiger partial charge in [-0.15, -0.1) is 11.3 Å². The molecule has 0 amide bonds. The van der Waals surface area contributed by atoms with Gasteiger partial charge >= 0.3 is 0 Å². The molecular weight excluding hydrogens is 338 g/mol. The lowest BCUT2D eigenvalue weighted by Gasteiger charge is -2.29. The molecule has 2 unspecified atom stereocenters. The largest absolute Gasteiger partial charge is 0.295 e. The third-order valence-corrected chi connectivity index (χ3v) is 6.64. The predicted molar refractivity (Wildman–Crippen MR) is 111 cm³/mol. The van der Waals surface area contributed by atoms with E-state index in [1.807, 2.05) is 11.3 Å². The van der Waals surface area contributed by atoms with Crippen molar-refractivity contribution in [3.63, 3.8) is 0 Å². The molecule has 3 nitrogen and oxygen atoms in total. The van der Waals surface area contributed by atoms with Gasteiger partial charge in [0.1, 0.15) is 5.01 Å². The third kappa shape index (κ3) is 3.68. The molecule has 2 heterocycles. The lowest BCUT2D eigenvalue weighted by molar-refractivity contribution is 0.180. The number of benzene rings is 2. The molecule has 1 aliphatic rings. The van der Waals surface area contributed by atoms with Gasteiger partial charge in [-0.1, -0.05) is 49.4 Å². The van der Waals surface area contributed by atoms with E-state index < -0.39 is 0 Å². The maximum atomic E-state index is 4.84. The fraction of sp³-hybridized carbons (Fsp3) is 0.409. The van der Waals surface area contributed by atoms with Gasteiger partial charge in [-0.2, -0.15) is 0 Å². The first-order valence-corrected chi connectivity index (χ1v) is 10.4. The second-order valence-electron chi connectivity index (χ2n) is 7.16. The summed E-state index contributed by atoms with van der Waals surface area (Å²) in [6, 6.07) is 20.4. The number of hydrogen-bond donors (Lipinski definition) is 0. The van der Waals surface area contributed by atoms with Crippen molar-refractivity contribution in [3.8, 4) is 0 Å². The summed E-state index contributed by atoms with van der Waals surface area (Å²) in [5.74, 6) is 0. The fourth-order valence-corrected chi connectivity index (χ4v) is 5.01. The quantitative estimate of drug-likeness (QED) is 0.616. The topological polar surface area (TPSA) is 19.4 Å². The van der Waals surface area contributed by atoms with E-state index in [2.05, 4.69) is 78.2 Å². The molecule has 2 atom stereocenters. The van der Waals surface area contributed by atoms with Crippen LogP contribution in [-0.4, -0.2) is 40.5 Å². The molecular formula is C22H27N3S. The van der Waals surface area contributed by atoms with E-state index >= 15 is 0 Å². The number of hydrogen-bond acceptors (Lipinski definition) is 4. The molecule has 2 aromatic carbocycles. The van der Waals surface area contributed by atoms with Crippen LogP contribution in [-0.2, 0) is 6.54 Å². The van der Waals surface area contributed by atoms with Crippen molar-refractivity contribution >= 4 is 21.6 Å². The summed E-state index contributed by atoms with van der Waals surface area (Å²) in [7, 11) is 0. The average molecular weight is 366 g/mol. The van der Waals surface area contributed by atoms with Crippen LogP contribution in [0.25, 0.3) is 10.2 Å². The minimum Gasteiger partial charge on any atom is -0.295 e. The summed E-state index contributed by atoms with van der Waals surface area (Å²) < 4.78 is 1.30. The smallest absolute Gasteiger partial charge is 0.108 e. The number of likely N-dealkylation sites (tertiary alicyclic amines) is 1. The summed E-state index contributed by atoms with van der Waals surface area (Å²) >= 11 is 1.84. The van der Waals surface area contributed by atoms with Gasteiger partial charge in [0.05, 0.1) is 16.8 Å². The van der Waals surface area contributed by atoms with Crippen molar-refractivity contribution in [2.24, 2.45) is 0 Å². The number of para-hydroxylation sites is 1. The van der Waals surface area contributed by atoms with E-state index in [0.717, 1.165) is 25.2 Å². The highest BCUT2D eigenvalue weighted by Crippen LogP contribution is 2.28. The molecule has 1 aliphatic heterocycles. The van der Waals surface area contributed by atoms with E-state index in [4.69, 9.17) is 4.98 Å². The Bertz CT molecular complexity index is 812. The van der Waals surface area contributed by atoms with Crippen LogP contribution in [0.1, 0.15) is 36.9 Å². The van der Waals surface area contributed by atoms with Crippen LogP contribution in [0.4, 0.5) is 0 Å². The molecule has 1 fully saturated rings. The number of thiazole rings is 1. The second kappa shape index (κ2) is 7.87. The zero-order chi connectivity index (χ0) is 17.9. The molecule has 0 saturated carbocycles. The van der Waals surface area contributed by atoms with E-state index in [9.17, 15) is 0 Å². The Hall–Kier alpha value is -1.75. The summed E-state index contributed by atoms with van der Waals surface area (Å²) in [5.41, 5.74) is 2.55. The summed E-state index contributed by atoms with van der Waals surface area (Å²) in [6.07, 6.45) is 1.25. The van der Waals surface area contributed by atoms with E-state index in [0.29, 0.717) is 12.1 Å². The lowest BCUT2D eigenvalue weighted by atomic mass is 10.1. The molecule has 0 spiro atoms. The van der Waals surface area contributed by atoms with Gasteiger partial charge in [0.2, 0.25) is 0 Å². The molecule has 26 heavy (non-hydrogen) atoms. The highest BCUT2D eigenvalue weighted by atomic mass is 32.1. The number of likely N-dealkylation sites (N-methyl/N-ethyl adjacent to an activating group) is 1. The number of fused-ring (bicyclic) bond motifs is 1. The molecule has 0 bridgehead atoms. The van der Waals surface area contributed by atoms with Crippen LogP contribution in [0, 0.1) is 0 Å². The Morgan fingerprint density at radius 1 is 1.15 bits per heavy atom. The maximum Gasteiger partial charge on any atom is 0.108 e. The van der Waals surface area contributed by atoms with Gasteiger partial charge in [-0.05, 0) is 37.6 Å². The van der Waals surface area contributed by atoms with Gasteiger partial charge < -0.3 is 0 Å². The van der Waals surface area contributed by atoms with E-state index in [-0.39, 0.29) is 0 Å². The van der Waals surface area contributed by atoms with Gasteiger partial charge in [0.25, 0.3) is 0 Å². The Morgan fingerprint density at radius 2 is 1.92 bits per heavy atom. The first-order chi connectivity index (χ1) is 12.7. The van der Waals surface area contributed by atoms with Crippen molar-refractivity contribution in [3.05, 3.63) is 65.2 Å². The standard InChI is InChI=1S/C22H27N3S/c1-3-24(16-22-23-20-11-7-8-12-21(20)26-22)19-13-14-25(15-19)17(2)18-9-5-4-6-10-18/h4-12,17,19H,3,13-16H2,1-2H3. The van der Waals surface area contributed by atoms with Crippen molar-refractivity contribution in [1.82, 2.24) is 14.8 Å². The van der Waals surface area contributed by atoms with Gasteiger partial charge in [-0.3, -0.25) is 9.80 Å². The highest BCUT2D eigenvalue weighted by molar-refractivity contribution is 7.18. The van der Waals surface area contributed by atoms with Crippen molar-refractivity contribution in [1.29, 1.82) is 0 Å². The molecule has 3 aromatic rings. The normalized spacial score (nSPS) is 19.4. The molecule has 1 saturated heterocycles. The second-order valence-corrected chi connectivity index (χ2v) is 8.28. The monoisotopic (exact) mass is 365 g/mol. The Labute approximate surface area is 160 Å². The van der Waals surface area contributed by atoms with Crippen LogP contribution in [0.2, 0.25) is 0 Å². The maximum absolute atomic E-state index is 4.84. The zero-order valence-corrected chi connectivity index (χ0v) is 16.5. The van der Waals surface area contributed by atoms with Gasteiger partial charge in [0.15, 0.2) is 0 Å². The number of aromatic nitrogens is 1. The third-order valence-electron chi connectivity index (χ3n) is 5.62. The first-order valence-electron chi connectivity index (χ1n) is 9.62. The van der Waals surface area contributed by atoms with Gasteiger partial charge in [0, 0.05) is 25.2 Å². The van der Waals surface area contributed by atoms with Gasteiger partial charge in [-0.25, -0.2) is 4.98 Å². The van der Waals surface area contributed by atoms with Crippen LogP contribution in [0.15, 0.2) is 54.6 Å². The Balaban J connectivity index is 1.42. The molecule has 0 radical (unpaired) electrons. The Morgan fingerprint density at radius 3 is 2.69 bits per heavy atom. The minimum absolute atomic E-state index is 0.488. The molecule has 1 aromatic heterocycles. The van der Waals surface area contributed by atoms with Crippen LogP contribution in [0.3, 0.4) is 0 Å². The molecule has 0 aliphatic carbocycles. The van der Waals surface area contributed by atoms with Crippen LogP contribution >= 0.6 is 11.3 Å². The summed E-state index contributed by atoms with van der Waals surface area (Å²) in [5, 5.41) is 1.24. The fourth-order valence-electron chi connectivity index (χ4n) is 4.02. The zero-order valence-electron chi connectivity index (χ0n) is 15.6. The van der Waals surface area contributed by atoms with Crippen molar-refractivity contribution < 1.29 is 0 Å². The van der Waals surface area contributed by atoms with E-state index in [1.165, 1.54) is 28.2 Å². The molecule has 136 valence electrons. The van der Waals surface area contributed by atoms with Crippen LogP contribution < -0.4 is 0 Å². The first kappa shape index (κ1) is 17.7. The highest BCUT2D eigenvalue weighted by Gasteiger charge is 2.30. The predicted octanol–water partition coefficient (Wildman–Crippen LogP) is 4.95. The number of nitrogens with zero attached hydrogens (tertiary/aromatic N) is 3. The van der Waals surface area contributed by atoms with Crippen molar-refractivity contribution in [2.75, 3.05) is 19.6 Å². The summed E-state index contributed by atoms with van der Waals surface area (Å²) in [4.78, 5) is 10.1. The molecule has 4 heteroatoms. The van der Waals surface area contributed by atoms with E-state index in [1.54, 1.807) is 0 Å². The molecule has 4 rings (SSSR count). The van der Waals surface area contributed by atoms with Crippen molar-refractivity contribution in [2.45, 2.75) is 38.9 Å². The lowest BCUT2D eigenvalue weighted by Crippen LogP contribution is -2.37. The minimum atomic E-state index is 0.488. The average Bonchev–Trinajstić information content (AvgIpc) is 3.33. The Kier molecular flexibility index (Phi) is 5.34.